The van der Waals surface area contributed by atoms with E-state index in [2.05, 4.69) is 0 Å². The van der Waals surface area contributed by atoms with Crippen LogP contribution in [0.15, 0.2) is 42.5 Å². The lowest BCUT2D eigenvalue weighted by Crippen LogP contribution is -2.01. The Kier molecular flexibility index (Phi) is 3.97. The predicted octanol–water partition coefficient (Wildman–Crippen LogP) is 4.80. The van der Waals surface area contributed by atoms with Crippen LogP contribution < -0.4 is 0 Å². The Morgan fingerprint density at radius 2 is 1.83 bits per heavy atom. The molecule has 18 heavy (non-hydrogen) atoms. The summed E-state index contributed by atoms with van der Waals surface area (Å²) in [5.41, 5.74) is 2.35. The molecule has 0 heterocycles. The third-order valence-corrected chi connectivity index (χ3v) is 3.35. The number of alkyl halides is 1. The molecule has 0 aliphatic carbocycles. The van der Waals surface area contributed by atoms with Crippen molar-refractivity contribution in [2.75, 3.05) is 0 Å². The number of hydrogen-bond acceptors (Lipinski definition) is 0. The quantitative estimate of drug-likeness (QED) is 0.701. The Morgan fingerprint density at radius 3 is 2.56 bits per heavy atom. The Labute approximate surface area is 110 Å². The third-order valence-electron chi connectivity index (χ3n) is 2.96. The van der Waals surface area contributed by atoms with Crippen molar-refractivity contribution in [3.05, 3.63) is 70.8 Å². The highest BCUT2D eigenvalue weighted by atomic mass is 35.5. The third kappa shape index (κ3) is 2.88. The Hall–Kier alpha value is -1.41. The molecule has 0 spiro atoms. The second-order valence-corrected chi connectivity index (χ2v) is 4.79. The zero-order valence-corrected chi connectivity index (χ0v) is 10.7. The Balaban J connectivity index is 2.25. The van der Waals surface area contributed by atoms with Crippen LogP contribution in [0.1, 0.15) is 22.1 Å². The molecule has 0 aliphatic heterocycles. The van der Waals surface area contributed by atoms with Crippen molar-refractivity contribution in [3.8, 4) is 0 Å². The van der Waals surface area contributed by atoms with E-state index < -0.39 is 17.0 Å². The van der Waals surface area contributed by atoms with Gasteiger partial charge in [-0.15, -0.1) is 11.6 Å². The van der Waals surface area contributed by atoms with Gasteiger partial charge in [0, 0.05) is 5.56 Å². The van der Waals surface area contributed by atoms with Crippen LogP contribution in [0.25, 0.3) is 0 Å². The number of rotatable bonds is 3. The summed E-state index contributed by atoms with van der Waals surface area (Å²) < 4.78 is 26.7. The second kappa shape index (κ2) is 5.49. The van der Waals surface area contributed by atoms with E-state index in [9.17, 15) is 8.78 Å². The maximum Gasteiger partial charge on any atom is 0.128 e. The topological polar surface area (TPSA) is 0 Å². The van der Waals surface area contributed by atoms with E-state index in [-0.39, 0.29) is 5.56 Å². The van der Waals surface area contributed by atoms with Gasteiger partial charge in [0.05, 0.1) is 5.38 Å². The van der Waals surface area contributed by atoms with E-state index in [0.717, 1.165) is 29.3 Å². The molecule has 0 fully saturated rings. The number of aryl methyl sites for hydroxylation is 1. The first-order valence-electron chi connectivity index (χ1n) is 5.71. The zero-order valence-electron chi connectivity index (χ0n) is 9.96. The Bertz CT molecular complexity index is 552. The summed E-state index contributed by atoms with van der Waals surface area (Å²) in [6.45, 7) is 1.97. The Morgan fingerprint density at radius 1 is 1.11 bits per heavy atom. The standard InChI is InChI=1S/C15H13ClF2/c1-10-4-2-3-5-11(10)8-14(16)13-9-12(17)6-7-15(13)18/h2-7,9,14H,8H2,1H3. The minimum absolute atomic E-state index is 0.208. The van der Waals surface area contributed by atoms with Crippen molar-refractivity contribution in [1.82, 2.24) is 0 Å². The van der Waals surface area contributed by atoms with Gasteiger partial charge in [0.1, 0.15) is 11.6 Å². The van der Waals surface area contributed by atoms with Crippen LogP contribution in [0.4, 0.5) is 8.78 Å². The van der Waals surface area contributed by atoms with Crippen LogP contribution >= 0.6 is 11.6 Å². The van der Waals surface area contributed by atoms with Gasteiger partial charge >= 0.3 is 0 Å². The van der Waals surface area contributed by atoms with E-state index in [1.807, 2.05) is 31.2 Å². The fourth-order valence-electron chi connectivity index (χ4n) is 1.90. The summed E-state index contributed by atoms with van der Waals surface area (Å²) in [6.07, 6.45) is 0.481. The number of halogens is 3. The van der Waals surface area contributed by atoms with Gasteiger partial charge in [-0.2, -0.15) is 0 Å². The van der Waals surface area contributed by atoms with Gasteiger partial charge < -0.3 is 0 Å². The molecule has 0 aromatic heterocycles. The lowest BCUT2D eigenvalue weighted by molar-refractivity contribution is 0.582. The molecule has 0 saturated carbocycles. The monoisotopic (exact) mass is 266 g/mol. The smallest absolute Gasteiger partial charge is 0.128 e. The molecule has 2 aromatic rings. The lowest BCUT2D eigenvalue weighted by Gasteiger charge is -2.12. The van der Waals surface area contributed by atoms with Crippen LogP contribution in [0.5, 0.6) is 0 Å². The highest BCUT2D eigenvalue weighted by Crippen LogP contribution is 2.28. The first-order valence-corrected chi connectivity index (χ1v) is 6.15. The van der Waals surface area contributed by atoms with E-state index in [0.29, 0.717) is 6.42 Å². The van der Waals surface area contributed by atoms with Gasteiger partial charge in [-0.3, -0.25) is 0 Å². The van der Waals surface area contributed by atoms with Gasteiger partial charge in [-0.1, -0.05) is 24.3 Å². The van der Waals surface area contributed by atoms with Crippen LogP contribution in [-0.2, 0) is 6.42 Å². The van der Waals surface area contributed by atoms with E-state index in [1.54, 1.807) is 0 Å². The lowest BCUT2D eigenvalue weighted by atomic mass is 10.00. The summed E-state index contributed by atoms with van der Waals surface area (Å²) in [7, 11) is 0. The molecule has 0 bridgehead atoms. The van der Waals surface area contributed by atoms with Crippen LogP contribution in [0.2, 0.25) is 0 Å². The average molecular weight is 267 g/mol. The van der Waals surface area contributed by atoms with Crippen LogP contribution in [-0.4, -0.2) is 0 Å². The summed E-state index contributed by atoms with van der Waals surface area (Å²) in [5, 5.41) is -0.568. The summed E-state index contributed by atoms with van der Waals surface area (Å²) in [6, 6.07) is 11.1. The fourth-order valence-corrected chi connectivity index (χ4v) is 2.23. The SMILES string of the molecule is Cc1ccccc1CC(Cl)c1cc(F)ccc1F. The van der Waals surface area contributed by atoms with E-state index >= 15 is 0 Å². The molecule has 1 unspecified atom stereocenters. The van der Waals surface area contributed by atoms with Gasteiger partial charge in [0.15, 0.2) is 0 Å². The maximum absolute atomic E-state index is 13.6. The molecule has 0 amide bonds. The van der Waals surface area contributed by atoms with Gasteiger partial charge in [0.25, 0.3) is 0 Å². The van der Waals surface area contributed by atoms with Crippen LogP contribution in [0.3, 0.4) is 0 Å². The fraction of sp³-hybridized carbons (Fsp3) is 0.200. The molecule has 0 saturated heterocycles. The maximum atomic E-state index is 13.6. The molecule has 2 rings (SSSR count). The highest BCUT2D eigenvalue weighted by Gasteiger charge is 2.15. The number of hydrogen-bond donors (Lipinski definition) is 0. The zero-order chi connectivity index (χ0) is 13.1. The summed E-state index contributed by atoms with van der Waals surface area (Å²) in [5.74, 6) is -0.938. The highest BCUT2D eigenvalue weighted by molar-refractivity contribution is 6.20. The largest absolute Gasteiger partial charge is 0.207 e. The molecule has 1 atom stereocenters. The minimum Gasteiger partial charge on any atom is -0.207 e. The second-order valence-electron chi connectivity index (χ2n) is 4.26. The van der Waals surface area contributed by atoms with Crippen molar-refractivity contribution in [3.63, 3.8) is 0 Å². The van der Waals surface area contributed by atoms with Gasteiger partial charge in [-0.05, 0) is 42.7 Å². The molecule has 0 N–H and O–H groups in total. The van der Waals surface area contributed by atoms with Crippen molar-refractivity contribution in [2.24, 2.45) is 0 Å². The normalized spacial score (nSPS) is 12.4. The predicted molar refractivity (Wildman–Crippen MR) is 69.8 cm³/mol. The molecule has 2 aromatic carbocycles. The minimum atomic E-state index is -0.568. The summed E-state index contributed by atoms with van der Waals surface area (Å²) in [4.78, 5) is 0. The molecule has 0 aliphatic rings. The van der Waals surface area contributed by atoms with Gasteiger partial charge in [-0.25, -0.2) is 8.78 Å². The molecular formula is C15H13ClF2. The van der Waals surface area contributed by atoms with E-state index in [1.165, 1.54) is 0 Å². The molecule has 94 valence electrons. The van der Waals surface area contributed by atoms with Crippen molar-refractivity contribution >= 4 is 11.6 Å². The first kappa shape index (κ1) is 13.0. The van der Waals surface area contributed by atoms with Gasteiger partial charge in [0.2, 0.25) is 0 Å². The van der Waals surface area contributed by atoms with E-state index in [4.69, 9.17) is 11.6 Å². The number of benzene rings is 2. The summed E-state index contributed by atoms with van der Waals surface area (Å²) >= 11 is 6.18. The molecule has 0 radical (unpaired) electrons. The average Bonchev–Trinajstić information content (AvgIpc) is 2.35. The molecule has 0 nitrogen and oxygen atoms in total. The molecular weight excluding hydrogens is 254 g/mol. The van der Waals surface area contributed by atoms with Crippen LogP contribution in [0, 0.1) is 18.6 Å². The van der Waals surface area contributed by atoms with Crippen molar-refractivity contribution in [1.29, 1.82) is 0 Å². The van der Waals surface area contributed by atoms with Crippen molar-refractivity contribution < 1.29 is 8.78 Å². The van der Waals surface area contributed by atoms with Crippen molar-refractivity contribution in [2.45, 2.75) is 18.7 Å². The first-order chi connectivity index (χ1) is 8.58. The molecule has 3 heteroatoms.